The van der Waals surface area contributed by atoms with Gasteiger partial charge in [-0.15, -0.1) is 6.42 Å². The van der Waals surface area contributed by atoms with Crippen molar-refractivity contribution in [1.29, 1.82) is 0 Å². The number of terminal acetylenes is 1. The van der Waals surface area contributed by atoms with Crippen LogP contribution in [0.4, 0.5) is 0 Å². The van der Waals surface area contributed by atoms with Gasteiger partial charge in [-0.1, -0.05) is 19.3 Å². The van der Waals surface area contributed by atoms with Crippen LogP contribution in [0, 0.1) is 18.3 Å². The quantitative estimate of drug-likeness (QED) is 0.626. The number of carbonyl (C=O) groups excluding carboxylic acids is 1. The fraction of sp³-hybridized carbons (Fsp3) is 0.727. The standard InChI is InChI=1S/C11H18N2O/c1-4-6-12-11(14)8(3)13-10-7-9(10)5-2/h1,8-10,13H,5-7H2,2-3H3,(H,12,14). The largest absolute Gasteiger partial charge is 0.344 e. The van der Waals surface area contributed by atoms with Crippen molar-refractivity contribution < 1.29 is 4.79 Å². The highest BCUT2D eigenvalue weighted by Crippen LogP contribution is 2.33. The van der Waals surface area contributed by atoms with Crippen LogP contribution >= 0.6 is 0 Å². The summed E-state index contributed by atoms with van der Waals surface area (Å²) in [6, 6.07) is 0.400. The van der Waals surface area contributed by atoms with Crippen molar-refractivity contribution in [2.24, 2.45) is 5.92 Å². The molecule has 0 aromatic rings. The van der Waals surface area contributed by atoms with Gasteiger partial charge < -0.3 is 10.6 Å². The second-order valence-corrected chi connectivity index (χ2v) is 3.82. The average molecular weight is 194 g/mol. The molecular formula is C11H18N2O. The molecule has 1 amide bonds. The van der Waals surface area contributed by atoms with Gasteiger partial charge in [0.15, 0.2) is 0 Å². The number of hydrogen-bond acceptors (Lipinski definition) is 2. The van der Waals surface area contributed by atoms with Gasteiger partial charge in [0.05, 0.1) is 12.6 Å². The van der Waals surface area contributed by atoms with Gasteiger partial charge in [0.2, 0.25) is 5.91 Å². The van der Waals surface area contributed by atoms with Crippen LogP contribution in [-0.2, 0) is 4.79 Å². The van der Waals surface area contributed by atoms with Gasteiger partial charge in [-0.2, -0.15) is 0 Å². The van der Waals surface area contributed by atoms with Gasteiger partial charge in [0.25, 0.3) is 0 Å². The SMILES string of the molecule is C#CCNC(=O)C(C)NC1CC1CC. The molecule has 0 aromatic heterocycles. The summed E-state index contributed by atoms with van der Waals surface area (Å²) < 4.78 is 0. The topological polar surface area (TPSA) is 41.1 Å². The second-order valence-electron chi connectivity index (χ2n) is 3.82. The Balaban J connectivity index is 2.18. The van der Waals surface area contributed by atoms with Gasteiger partial charge in [-0.3, -0.25) is 4.79 Å². The predicted octanol–water partition coefficient (Wildman–Crippen LogP) is 0.512. The third kappa shape index (κ3) is 3.04. The average Bonchev–Trinajstić information content (AvgIpc) is 2.92. The fourth-order valence-electron chi connectivity index (χ4n) is 1.59. The molecule has 1 fully saturated rings. The monoisotopic (exact) mass is 194 g/mol. The van der Waals surface area contributed by atoms with E-state index in [0.717, 1.165) is 5.92 Å². The van der Waals surface area contributed by atoms with E-state index in [9.17, 15) is 4.79 Å². The van der Waals surface area contributed by atoms with Gasteiger partial charge in [0.1, 0.15) is 0 Å². The van der Waals surface area contributed by atoms with Gasteiger partial charge in [-0.05, 0) is 19.3 Å². The molecular weight excluding hydrogens is 176 g/mol. The first kappa shape index (κ1) is 11.1. The summed E-state index contributed by atoms with van der Waals surface area (Å²) in [5.74, 6) is 3.14. The Kier molecular flexibility index (Phi) is 3.97. The number of amides is 1. The molecule has 0 spiro atoms. The third-order valence-corrected chi connectivity index (χ3v) is 2.67. The molecule has 3 nitrogen and oxygen atoms in total. The first-order chi connectivity index (χ1) is 6.69. The van der Waals surface area contributed by atoms with Crippen molar-refractivity contribution in [1.82, 2.24) is 10.6 Å². The lowest BCUT2D eigenvalue weighted by Gasteiger charge is -2.12. The Morgan fingerprint density at radius 2 is 2.43 bits per heavy atom. The van der Waals surface area contributed by atoms with Gasteiger partial charge in [-0.25, -0.2) is 0 Å². The molecule has 1 saturated carbocycles. The molecule has 1 aliphatic rings. The zero-order valence-corrected chi connectivity index (χ0v) is 8.84. The Labute approximate surface area is 85.6 Å². The van der Waals surface area contributed by atoms with E-state index in [0.29, 0.717) is 12.6 Å². The molecule has 0 bridgehead atoms. The number of hydrogen-bond donors (Lipinski definition) is 2. The van der Waals surface area contributed by atoms with Crippen LogP contribution in [0.25, 0.3) is 0 Å². The lowest BCUT2D eigenvalue weighted by atomic mass is 10.2. The maximum absolute atomic E-state index is 11.4. The minimum Gasteiger partial charge on any atom is -0.344 e. The van der Waals surface area contributed by atoms with E-state index in [4.69, 9.17) is 6.42 Å². The van der Waals surface area contributed by atoms with Crippen molar-refractivity contribution >= 4 is 5.91 Å². The summed E-state index contributed by atoms with van der Waals surface area (Å²) in [5, 5.41) is 5.94. The van der Waals surface area contributed by atoms with E-state index in [1.54, 1.807) is 0 Å². The van der Waals surface area contributed by atoms with Crippen LogP contribution in [0.15, 0.2) is 0 Å². The van der Waals surface area contributed by atoms with Gasteiger partial charge in [0, 0.05) is 6.04 Å². The normalized spacial score (nSPS) is 26.4. The Hall–Kier alpha value is -1.01. The molecule has 0 saturated heterocycles. The van der Waals surface area contributed by atoms with Crippen molar-refractivity contribution in [2.45, 2.75) is 38.8 Å². The highest BCUT2D eigenvalue weighted by molar-refractivity contribution is 5.81. The van der Waals surface area contributed by atoms with E-state index in [1.165, 1.54) is 12.8 Å². The van der Waals surface area contributed by atoms with E-state index in [-0.39, 0.29) is 11.9 Å². The Morgan fingerprint density at radius 1 is 1.71 bits per heavy atom. The molecule has 3 unspecified atom stereocenters. The minimum absolute atomic E-state index is 0.00953. The van der Waals surface area contributed by atoms with E-state index < -0.39 is 0 Å². The predicted molar refractivity (Wildman–Crippen MR) is 56.6 cm³/mol. The van der Waals surface area contributed by atoms with Crippen LogP contribution in [0.2, 0.25) is 0 Å². The van der Waals surface area contributed by atoms with Crippen molar-refractivity contribution in [3.63, 3.8) is 0 Å². The van der Waals surface area contributed by atoms with E-state index >= 15 is 0 Å². The summed E-state index contributed by atoms with van der Waals surface area (Å²) in [6.45, 7) is 4.36. The first-order valence-electron chi connectivity index (χ1n) is 5.16. The number of carbonyl (C=O) groups is 1. The summed E-state index contributed by atoms with van der Waals surface area (Å²) in [7, 11) is 0. The van der Waals surface area contributed by atoms with Crippen LogP contribution in [0.1, 0.15) is 26.7 Å². The molecule has 3 heteroatoms. The van der Waals surface area contributed by atoms with Gasteiger partial charge >= 0.3 is 0 Å². The first-order valence-corrected chi connectivity index (χ1v) is 5.16. The molecule has 14 heavy (non-hydrogen) atoms. The second kappa shape index (κ2) is 5.02. The fourth-order valence-corrected chi connectivity index (χ4v) is 1.59. The van der Waals surface area contributed by atoms with Crippen LogP contribution in [-0.4, -0.2) is 24.5 Å². The molecule has 0 heterocycles. The smallest absolute Gasteiger partial charge is 0.237 e. The molecule has 3 atom stereocenters. The van der Waals surface area contributed by atoms with Crippen molar-refractivity contribution in [2.75, 3.05) is 6.54 Å². The lowest BCUT2D eigenvalue weighted by molar-refractivity contribution is -0.122. The summed E-state index contributed by atoms with van der Waals surface area (Å²) >= 11 is 0. The third-order valence-electron chi connectivity index (χ3n) is 2.67. The molecule has 0 aliphatic heterocycles. The Morgan fingerprint density at radius 3 is 2.93 bits per heavy atom. The molecule has 1 aliphatic carbocycles. The molecule has 1 rings (SSSR count). The molecule has 78 valence electrons. The zero-order chi connectivity index (χ0) is 10.6. The van der Waals surface area contributed by atoms with Crippen molar-refractivity contribution in [3.05, 3.63) is 0 Å². The van der Waals surface area contributed by atoms with Crippen LogP contribution < -0.4 is 10.6 Å². The summed E-state index contributed by atoms with van der Waals surface area (Å²) in [4.78, 5) is 11.4. The summed E-state index contributed by atoms with van der Waals surface area (Å²) in [6.07, 6.45) is 7.44. The maximum Gasteiger partial charge on any atom is 0.237 e. The molecule has 0 aromatic carbocycles. The lowest BCUT2D eigenvalue weighted by Crippen LogP contribution is -2.43. The van der Waals surface area contributed by atoms with Crippen LogP contribution in [0.5, 0.6) is 0 Å². The maximum atomic E-state index is 11.4. The highest BCUT2D eigenvalue weighted by Gasteiger charge is 2.36. The minimum atomic E-state index is -0.134. The number of rotatable bonds is 5. The summed E-state index contributed by atoms with van der Waals surface area (Å²) in [5.41, 5.74) is 0. The highest BCUT2D eigenvalue weighted by atomic mass is 16.2. The molecule has 0 radical (unpaired) electrons. The Bertz CT molecular complexity index is 244. The van der Waals surface area contributed by atoms with Crippen LogP contribution in [0.3, 0.4) is 0 Å². The zero-order valence-electron chi connectivity index (χ0n) is 8.84. The van der Waals surface area contributed by atoms with Crippen molar-refractivity contribution in [3.8, 4) is 12.3 Å². The van der Waals surface area contributed by atoms with E-state index in [2.05, 4.69) is 23.5 Å². The number of nitrogens with one attached hydrogen (secondary N) is 2. The van der Waals surface area contributed by atoms with E-state index in [1.807, 2.05) is 6.92 Å². The molecule has 2 N–H and O–H groups in total.